The second kappa shape index (κ2) is 31.3. The van der Waals surface area contributed by atoms with Gasteiger partial charge in [-0.2, -0.15) is 0 Å². The summed E-state index contributed by atoms with van der Waals surface area (Å²) in [5.74, 6) is -1.10. The molecule has 2 heterocycles. The van der Waals surface area contributed by atoms with Gasteiger partial charge in [-0.05, 0) is 38.9 Å². The van der Waals surface area contributed by atoms with Crippen LogP contribution in [0.2, 0.25) is 0 Å². The highest BCUT2D eigenvalue weighted by Crippen LogP contribution is 2.45. The van der Waals surface area contributed by atoms with Crippen molar-refractivity contribution in [2.45, 2.75) is 107 Å². The van der Waals surface area contributed by atoms with Gasteiger partial charge in [0.15, 0.2) is 6.29 Å². The van der Waals surface area contributed by atoms with Crippen LogP contribution in [0, 0.1) is 20.2 Å². The van der Waals surface area contributed by atoms with Crippen LogP contribution < -0.4 is 0 Å². The Morgan fingerprint density at radius 3 is 1.14 bits per heavy atom. The molecule has 18 heteroatoms. The topological polar surface area (TPSA) is 205 Å². The second-order valence-electron chi connectivity index (χ2n) is 21.0. The van der Waals surface area contributed by atoms with Crippen LogP contribution in [0.3, 0.4) is 0 Å². The minimum absolute atomic E-state index is 0.00542. The molecule has 0 bridgehead atoms. The maximum Gasteiger partial charge on any atom is 0.338 e. The number of non-ortho nitro benzene ring substituents is 1. The van der Waals surface area contributed by atoms with E-state index in [4.69, 9.17) is 52.1 Å². The van der Waals surface area contributed by atoms with Gasteiger partial charge >= 0.3 is 5.97 Å². The average molecular weight is 1180 g/mol. The normalized spacial score (nSPS) is 21.9. The first kappa shape index (κ1) is 61.7. The Labute approximate surface area is 504 Å². The third-order valence-corrected chi connectivity index (χ3v) is 15.0. The molecule has 0 amide bonds. The van der Waals surface area contributed by atoms with E-state index in [0.29, 0.717) is 5.56 Å². The molecule has 0 unspecified atom stereocenters. The molecule has 0 radical (unpaired) electrons. The largest absolute Gasteiger partial charge is 0.465 e. The first-order valence-corrected chi connectivity index (χ1v) is 28.7. The van der Waals surface area contributed by atoms with Crippen molar-refractivity contribution in [2.75, 3.05) is 20.3 Å². The molecule has 0 aliphatic carbocycles. The summed E-state index contributed by atoms with van der Waals surface area (Å²) in [6.45, 7) is 0.285. The molecule has 2 fully saturated rings. The quantitative estimate of drug-likeness (QED) is 0.0243. The van der Waals surface area contributed by atoms with Crippen LogP contribution in [0.25, 0.3) is 0 Å². The molecular formula is C69H68N2O16. The molecule has 10 rings (SSSR count). The number of carbonyl (C=O) groups is 1. The summed E-state index contributed by atoms with van der Waals surface area (Å²) < 4.78 is 75.7. The Balaban J connectivity index is 1.14. The fraction of sp³-hybridized carbons (Fsp3) is 0.290. The van der Waals surface area contributed by atoms with E-state index in [-0.39, 0.29) is 65.0 Å². The van der Waals surface area contributed by atoms with Gasteiger partial charge < -0.3 is 52.1 Å². The fourth-order valence-electron chi connectivity index (χ4n) is 10.7. The number of ether oxygens (including phenoxy) is 11. The van der Waals surface area contributed by atoms with Gasteiger partial charge in [-0.25, -0.2) is 4.79 Å². The minimum atomic E-state index is -1.59. The molecule has 2 aliphatic rings. The third-order valence-electron chi connectivity index (χ3n) is 15.0. The van der Waals surface area contributed by atoms with Gasteiger partial charge in [-0.3, -0.25) is 20.2 Å². The molecule has 8 aromatic carbocycles. The summed E-state index contributed by atoms with van der Waals surface area (Å²) >= 11 is 0. The number of carbonyl (C=O) groups excluding carboxylic acids is 1. The van der Waals surface area contributed by atoms with E-state index in [9.17, 15) is 25.0 Å². The van der Waals surface area contributed by atoms with Crippen molar-refractivity contribution in [2.24, 2.45) is 0 Å². The van der Waals surface area contributed by atoms with Crippen molar-refractivity contribution in [1.82, 2.24) is 0 Å². The molecule has 8 aromatic rings. The van der Waals surface area contributed by atoms with Gasteiger partial charge in [0.25, 0.3) is 11.4 Å². The number of methoxy groups -OCH3 is 1. The number of rotatable bonds is 29. The van der Waals surface area contributed by atoms with Gasteiger partial charge in [0.2, 0.25) is 0 Å². The highest BCUT2D eigenvalue weighted by molar-refractivity contribution is 5.93. The molecule has 87 heavy (non-hydrogen) atoms. The number of nitrogens with zero attached hydrogens (tertiary/aromatic N) is 2. The second-order valence-corrected chi connectivity index (χ2v) is 21.0. The number of esters is 1. The molecule has 2 saturated heterocycles. The Hall–Kier alpha value is -8.37. The van der Waals surface area contributed by atoms with Crippen LogP contribution in [-0.2, 0) is 98.4 Å². The number of nitro groups is 2. The summed E-state index contributed by atoms with van der Waals surface area (Å²) in [6, 6.07) is 68.6. The summed E-state index contributed by atoms with van der Waals surface area (Å²) in [7, 11) is 1.08. The lowest BCUT2D eigenvalue weighted by molar-refractivity contribution is -0.396. The van der Waals surface area contributed by atoms with Gasteiger partial charge in [0, 0.05) is 6.07 Å². The standard InChI is InChI=1S/C69H68N2O16/c1-77-68(72)56-37-55(70(73)74)38-57(71(75)76)60(56)63-66(83-44-53-33-19-7-20-34-53)65(82-43-52-31-17-6-18-32-52)62(59(85-63)47-79-40-49-25-11-3-12-26-49)87-69-67(84-45-54-35-21-8-22-36-54)64(81-42-51-29-15-5-16-30-51)61(80-41-50-27-13-4-14-28-50)58(86-69)46-78-39-48-23-9-2-10-24-48/h2-38,58-59,61-67,69H,39-47H2,1H3/t58-,59-,61-,62-,63+,64+,65+,66+,67-,69-/m1/s1. The lowest BCUT2D eigenvalue weighted by atomic mass is 9.87. The SMILES string of the molecule is COC(=O)c1cc([N+](=O)[O-])cc([N+](=O)[O-])c1[C@@H]1O[C@H](COCc2ccccc2)[C@@H](O[C@H]2O[C@H](COCc3ccccc3)[C@@H](OCc3ccccc3)[C@H](OCc3ccccc3)[C@H]2OCc2ccccc2)[C@H](OCc2ccccc2)[C@H]1OCc1ccccc1. The Kier molecular flexibility index (Phi) is 22.2. The number of benzene rings is 8. The van der Waals surface area contributed by atoms with E-state index in [1.54, 1.807) is 0 Å². The molecule has 450 valence electrons. The van der Waals surface area contributed by atoms with E-state index in [1.165, 1.54) is 0 Å². The van der Waals surface area contributed by atoms with Crippen LogP contribution in [0.4, 0.5) is 11.4 Å². The highest BCUT2D eigenvalue weighted by Gasteiger charge is 2.56. The van der Waals surface area contributed by atoms with Crippen molar-refractivity contribution >= 4 is 17.3 Å². The van der Waals surface area contributed by atoms with Gasteiger partial charge in [-0.15, -0.1) is 0 Å². The van der Waals surface area contributed by atoms with Crippen LogP contribution in [0.1, 0.15) is 61.0 Å². The maximum absolute atomic E-state index is 14.0. The van der Waals surface area contributed by atoms with E-state index in [0.717, 1.165) is 52.6 Å². The first-order valence-electron chi connectivity index (χ1n) is 28.7. The van der Waals surface area contributed by atoms with Crippen LogP contribution >= 0.6 is 0 Å². The van der Waals surface area contributed by atoms with Gasteiger partial charge in [-0.1, -0.05) is 212 Å². The Morgan fingerprint density at radius 2 is 0.759 bits per heavy atom. The van der Waals surface area contributed by atoms with Crippen LogP contribution in [0.5, 0.6) is 0 Å². The lowest BCUT2D eigenvalue weighted by Crippen LogP contribution is -2.65. The zero-order valence-electron chi connectivity index (χ0n) is 47.9. The van der Waals surface area contributed by atoms with E-state index >= 15 is 0 Å². The summed E-state index contributed by atoms with van der Waals surface area (Å²) in [4.78, 5) is 38.3. The summed E-state index contributed by atoms with van der Waals surface area (Å²) in [6.07, 6.45) is -12.0. The van der Waals surface area contributed by atoms with Gasteiger partial charge in [0.1, 0.15) is 54.9 Å². The van der Waals surface area contributed by atoms with Crippen molar-refractivity contribution in [3.63, 3.8) is 0 Å². The zero-order valence-corrected chi connectivity index (χ0v) is 47.9. The first-order chi connectivity index (χ1) is 42.7. The monoisotopic (exact) mass is 1180 g/mol. The number of hydrogen-bond donors (Lipinski definition) is 0. The maximum atomic E-state index is 14.0. The molecule has 0 spiro atoms. The molecule has 0 N–H and O–H groups in total. The van der Waals surface area contributed by atoms with Crippen LogP contribution in [-0.4, -0.2) is 91.3 Å². The molecule has 18 nitrogen and oxygen atoms in total. The van der Waals surface area contributed by atoms with Crippen molar-refractivity contribution in [1.29, 1.82) is 0 Å². The van der Waals surface area contributed by atoms with Gasteiger partial charge in [0.05, 0.1) is 93.6 Å². The predicted molar refractivity (Wildman–Crippen MR) is 320 cm³/mol. The zero-order chi connectivity index (χ0) is 60.2. The number of hydrogen-bond acceptors (Lipinski definition) is 16. The highest BCUT2D eigenvalue weighted by atomic mass is 16.7. The van der Waals surface area contributed by atoms with E-state index in [2.05, 4.69) is 0 Å². The molecule has 2 aliphatic heterocycles. The third kappa shape index (κ3) is 16.8. The molecule has 10 atom stereocenters. The van der Waals surface area contributed by atoms with E-state index in [1.807, 2.05) is 212 Å². The van der Waals surface area contributed by atoms with Crippen molar-refractivity contribution in [3.05, 3.63) is 295 Å². The predicted octanol–water partition coefficient (Wildman–Crippen LogP) is 12.2. The number of nitro benzene ring substituents is 2. The fourth-order valence-corrected chi connectivity index (χ4v) is 10.7. The average Bonchev–Trinajstić information content (AvgIpc) is 1.62. The molecular weight excluding hydrogens is 1110 g/mol. The van der Waals surface area contributed by atoms with E-state index < -0.39 is 94.0 Å². The van der Waals surface area contributed by atoms with Crippen molar-refractivity contribution < 1.29 is 66.7 Å². The van der Waals surface area contributed by atoms with Crippen molar-refractivity contribution in [3.8, 4) is 0 Å². The Bertz CT molecular complexity index is 3390. The summed E-state index contributed by atoms with van der Waals surface area (Å²) in [5, 5.41) is 25.9. The summed E-state index contributed by atoms with van der Waals surface area (Å²) in [5.41, 5.74) is 3.46. The minimum Gasteiger partial charge on any atom is -0.465 e. The smallest absolute Gasteiger partial charge is 0.338 e. The lowest BCUT2D eigenvalue weighted by Gasteiger charge is -2.50. The molecule has 0 aromatic heterocycles. The van der Waals surface area contributed by atoms with Crippen LogP contribution in [0.15, 0.2) is 224 Å². The molecule has 0 saturated carbocycles. The Morgan fingerprint density at radius 1 is 0.414 bits per heavy atom.